The van der Waals surface area contributed by atoms with E-state index in [0.717, 1.165) is 11.5 Å². The van der Waals surface area contributed by atoms with Crippen LogP contribution in [0.15, 0.2) is 27.9 Å². The molecule has 0 aliphatic carbocycles. The summed E-state index contributed by atoms with van der Waals surface area (Å²) in [5, 5.41) is -0.119. The maximum atomic E-state index is 11.7. The highest BCUT2D eigenvalue weighted by Crippen LogP contribution is 2.33. The quantitative estimate of drug-likeness (QED) is 0.909. The number of nitrogens with one attached hydrogen (secondary N) is 1. The van der Waals surface area contributed by atoms with E-state index in [0.29, 0.717) is 16.3 Å². The second kappa shape index (κ2) is 4.47. The molecule has 2 aromatic heterocycles. The summed E-state index contributed by atoms with van der Waals surface area (Å²) in [6.45, 7) is 0. The van der Waals surface area contributed by atoms with Crippen molar-refractivity contribution >= 4 is 21.6 Å². The number of nitrogens with zero attached hydrogens (tertiary/aromatic N) is 1. The summed E-state index contributed by atoms with van der Waals surface area (Å²) in [6, 6.07) is 3.24. The second-order valence-corrected chi connectivity index (χ2v) is 5.65. The van der Waals surface area contributed by atoms with Crippen molar-refractivity contribution in [1.29, 1.82) is 0 Å². The zero-order valence-corrected chi connectivity index (χ0v) is 10.8. The number of methoxy groups -OCH3 is 1. The molecule has 1 N–H and O–H groups in total. The van der Waals surface area contributed by atoms with E-state index in [4.69, 9.17) is 9.15 Å². The summed E-state index contributed by atoms with van der Waals surface area (Å²) in [4.78, 5) is 0.671. The highest BCUT2D eigenvalue weighted by molar-refractivity contribution is 7.89. The van der Waals surface area contributed by atoms with Crippen LogP contribution in [-0.2, 0) is 10.0 Å². The topological polar surface area (TPSA) is 81.4 Å². The highest BCUT2D eigenvalue weighted by Gasteiger charge is 2.23. The number of ether oxygens (including phenoxy) is 1. The van der Waals surface area contributed by atoms with Gasteiger partial charge in [-0.3, -0.25) is 0 Å². The minimum atomic E-state index is -3.61. The Morgan fingerprint density at radius 1 is 1.53 bits per heavy atom. The molecular weight excluding hydrogens is 264 g/mol. The molecule has 6 nitrogen and oxygen atoms in total. The Morgan fingerprint density at radius 2 is 2.29 bits per heavy atom. The molecule has 0 atom stereocenters. The molecule has 0 spiro atoms. The molecule has 0 aliphatic rings. The molecule has 0 aromatic carbocycles. The van der Waals surface area contributed by atoms with Gasteiger partial charge in [-0.15, -0.1) is 0 Å². The van der Waals surface area contributed by atoms with E-state index in [9.17, 15) is 8.42 Å². The Bertz CT molecular complexity index is 614. The number of hydrogen-bond donors (Lipinski definition) is 1. The molecule has 0 amide bonds. The summed E-state index contributed by atoms with van der Waals surface area (Å²) < 4.78 is 39.5. The van der Waals surface area contributed by atoms with Crippen molar-refractivity contribution in [3.05, 3.63) is 18.4 Å². The first-order valence-electron chi connectivity index (χ1n) is 4.60. The van der Waals surface area contributed by atoms with E-state index in [2.05, 4.69) is 9.10 Å². The monoisotopic (exact) mass is 274 g/mol. The third kappa shape index (κ3) is 2.19. The summed E-state index contributed by atoms with van der Waals surface area (Å²) in [5.74, 6) is 0.444. The molecule has 0 unspecified atom stereocenters. The molecule has 8 heteroatoms. The fraction of sp³-hybridized carbons (Fsp3) is 0.222. The molecule has 92 valence electrons. The van der Waals surface area contributed by atoms with Crippen molar-refractivity contribution in [2.45, 2.75) is 5.09 Å². The fourth-order valence-electron chi connectivity index (χ4n) is 1.26. The summed E-state index contributed by atoms with van der Waals surface area (Å²) in [5.41, 5.74) is 0.472. The van der Waals surface area contributed by atoms with Crippen molar-refractivity contribution < 1.29 is 17.6 Å². The van der Waals surface area contributed by atoms with Crippen LogP contribution in [-0.4, -0.2) is 26.9 Å². The van der Waals surface area contributed by atoms with Gasteiger partial charge >= 0.3 is 0 Å². The molecule has 17 heavy (non-hydrogen) atoms. The Morgan fingerprint density at radius 3 is 2.88 bits per heavy atom. The minimum absolute atomic E-state index is 0.119. The molecular formula is C9H10N2O4S2. The average Bonchev–Trinajstić information content (AvgIpc) is 2.97. The van der Waals surface area contributed by atoms with Crippen LogP contribution in [0.4, 0.5) is 0 Å². The molecule has 2 rings (SSSR count). The lowest BCUT2D eigenvalue weighted by Gasteiger charge is -2.00. The van der Waals surface area contributed by atoms with Gasteiger partial charge in [0.2, 0.25) is 11.0 Å². The molecule has 2 heterocycles. The van der Waals surface area contributed by atoms with Crippen molar-refractivity contribution in [3.8, 4) is 16.3 Å². The van der Waals surface area contributed by atoms with E-state index < -0.39 is 10.0 Å². The fourth-order valence-corrected chi connectivity index (χ4v) is 2.89. The molecule has 0 saturated heterocycles. The van der Waals surface area contributed by atoms with Crippen molar-refractivity contribution in [3.63, 3.8) is 0 Å². The predicted molar refractivity (Wildman–Crippen MR) is 62.6 cm³/mol. The van der Waals surface area contributed by atoms with Crippen LogP contribution >= 0.6 is 11.5 Å². The third-order valence-corrected chi connectivity index (χ3v) is 4.25. The van der Waals surface area contributed by atoms with E-state index in [-0.39, 0.29) is 5.09 Å². The Kier molecular flexibility index (Phi) is 3.18. The number of hydrogen-bond acceptors (Lipinski definition) is 6. The molecule has 0 fully saturated rings. The van der Waals surface area contributed by atoms with Crippen LogP contribution in [0.5, 0.6) is 5.88 Å². The first-order valence-corrected chi connectivity index (χ1v) is 6.86. The Balaban J connectivity index is 2.51. The zero-order valence-electron chi connectivity index (χ0n) is 9.13. The van der Waals surface area contributed by atoms with Crippen LogP contribution in [0.3, 0.4) is 0 Å². The molecule has 0 saturated carbocycles. The summed E-state index contributed by atoms with van der Waals surface area (Å²) >= 11 is 1.15. The van der Waals surface area contributed by atoms with Gasteiger partial charge in [0, 0.05) is 6.07 Å². The largest absolute Gasteiger partial charge is 0.480 e. The van der Waals surface area contributed by atoms with Gasteiger partial charge in [-0.1, -0.05) is 0 Å². The number of aromatic nitrogens is 1. The van der Waals surface area contributed by atoms with Gasteiger partial charge in [0.15, 0.2) is 0 Å². The number of sulfonamides is 1. The zero-order chi connectivity index (χ0) is 12.5. The molecule has 0 bridgehead atoms. The van der Waals surface area contributed by atoms with Gasteiger partial charge < -0.3 is 9.15 Å². The van der Waals surface area contributed by atoms with Crippen molar-refractivity contribution in [1.82, 2.24) is 9.10 Å². The number of furan rings is 1. The molecule has 0 radical (unpaired) electrons. The lowest BCUT2D eigenvalue weighted by atomic mass is 10.3. The minimum Gasteiger partial charge on any atom is -0.480 e. The first kappa shape index (κ1) is 12.1. The van der Waals surface area contributed by atoms with Crippen molar-refractivity contribution in [2.24, 2.45) is 0 Å². The van der Waals surface area contributed by atoms with E-state index >= 15 is 0 Å². The summed E-state index contributed by atoms with van der Waals surface area (Å²) in [6.07, 6.45) is 1.33. The Hall–Kier alpha value is -1.38. The van der Waals surface area contributed by atoms with Crippen LogP contribution in [0.25, 0.3) is 10.4 Å². The van der Waals surface area contributed by atoms with E-state index in [1.807, 2.05) is 0 Å². The van der Waals surface area contributed by atoms with Gasteiger partial charge in [0.05, 0.1) is 23.8 Å². The van der Waals surface area contributed by atoms with Gasteiger partial charge in [-0.2, -0.15) is 4.37 Å². The highest BCUT2D eigenvalue weighted by atomic mass is 32.2. The Labute approximate surface area is 102 Å². The van der Waals surface area contributed by atoms with Crippen LogP contribution in [0, 0.1) is 0 Å². The van der Waals surface area contributed by atoms with Gasteiger partial charge in [-0.25, -0.2) is 13.1 Å². The molecule has 2 aromatic rings. The molecule has 0 aliphatic heterocycles. The van der Waals surface area contributed by atoms with Crippen molar-refractivity contribution in [2.75, 3.05) is 14.2 Å². The van der Waals surface area contributed by atoms with Crippen LogP contribution < -0.4 is 9.46 Å². The normalized spacial score (nSPS) is 11.6. The number of rotatable bonds is 4. The van der Waals surface area contributed by atoms with Gasteiger partial charge in [-0.05, 0) is 24.6 Å². The second-order valence-electron chi connectivity index (χ2n) is 3.06. The lowest BCUT2D eigenvalue weighted by molar-refractivity contribution is 0.402. The third-order valence-electron chi connectivity index (χ3n) is 2.11. The average molecular weight is 274 g/mol. The van der Waals surface area contributed by atoms with Crippen LogP contribution in [0.1, 0.15) is 0 Å². The predicted octanol–water partition coefficient (Wildman–Crippen LogP) is 1.32. The maximum absolute atomic E-state index is 11.7. The van der Waals surface area contributed by atoms with E-state index in [1.54, 1.807) is 12.1 Å². The smallest absolute Gasteiger partial charge is 0.274 e. The van der Waals surface area contributed by atoms with Gasteiger partial charge in [0.25, 0.3) is 10.0 Å². The standard InChI is InChI=1S/C9H10N2O4S2/c1-10-17(12,13)9-6(3-4-15-9)7-5-8(14-2)11-16-7/h3-5,10H,1-2H3. The SMILES string of the molecule is CNS(=O)(=O)c1occc1-c1cc(OC)ns1. The summed E-state index contributed by atoms with van der Waals surface area (Å²) in [7, 11) is -0.782. The van der Waals surface area contributed by atoms with E-state index in [1.165, 1.54) is 20.4 Å². The first-order chi connectivity index (χ1) is 8.08. The lowest BCUT2D eigenvalue weighted by Crippen LogP contribution is -2.18. The maximum Gasteiger partial charge on any atom is 0.274 e. The van der Waals surface area contributed by atoms with Crippen LogP contribution in [0.2, 0.25) is 0 Å². The van der Waals surface area contributed by atoms with Gasteiger partial charge in [0.1, 0.15) is 0 Å².